The monoisotopic (exact) mass is 225 g/mol. The van der Waals surface area contributed by atoms with E-state index in [1.807, 2.05) is 0 Å². The molecule has 92 valence electrons. The van der Waals surface area contributed by atoms with Crippen LogP contribution in [0.25, 0.3) is 0 Å². The lowest BCUT2D eigenvalue weighted by atomic mass is 9.84. The van der Waals surface area contributed by atoms with E-state index in [-0.39, 0.29) is 5.92 Å². The molecule has 2 unspecified atom stereocenters. The highest BCUT2D eigenvalue weighted by Gasteiger charge is 2.28. The molecule has 0 bridgehead atoms. The van der Waals surface area contributed by atoms with Gasteiger partial charge in [0.25, 0.3) is 0 Å². The molecule has 2 saturated heterocycles. The number of carbonyl (C=O) groups is 1. The molecule has 2 aliphatic rings. The zero-order valence-corrected chi connectivity index (χ0v) is 10.2. The molecule has 0 aromatic carbocycles. The van der Waals surface area contributed by atoms with Crippen molar-refractivity contribution in [3.63, 3.8) is 0 Å². The number of nitrogens with one attached hydrogen (secondary N) is 1. The Hall–Kier alpha value is -0.410. The van der Waals surface area contributed by atoms with E-state index in [0.717, 1.165) is 39.0 Å². The fourth-order valence-corrected chi connectivity index (χ4v) is 2.53. The van der Waals surface area contributed by atoms with Crippen LogP contribution in [0.4, 0.5) is 0 Å². The zero-order valence-electron chi connectivity index (χ0n) is 10.2. The van der Waals surface area contributed by atoms with Crippen LogP contribution in [0.3, 0.4) is 0 Å². The highest BCUT2D eigenvalue weighted by Crippen LogP contribution is 2.21. The molecule has 0 saturated carbocycles. The Labute approximate surface area is 97.9 Å². The van der Waals surface area contributed by atoms with Crippen LogP contribution in [0.5, 0.6) is 0 Å². The van der Waals surface area contributed by atoms with Crippen LogP contribution in [0.1, 0.15) is 39.0 Å². The van der Waals surface area contributed by atoms with E-state index in [0.29, 0.717) is 17.8 Å². The number of ether oxygens (including phenoxy) is 1. The van der Waals surface area contributed by atoms with Crippen molar-refractivity contribution < 1.29 is 9.53 Å². The van der Waals surface area contributed by atoms with Gasteiger partial charge in [-0.3, -0.25) is 4.79 Å². The van der Waals surface area contributed by atoms with Crippen molar-refractivity contribution in [1.29, 1.82) is 0 Å². The smallest absolute Gasteiger partial charge is 0.136 e. The van der Waals surface area contributed by atoms with Gasteiger partial charge in [0.05, 0.1) is 6.10 Å². The van der Waals surface area contributed by atoms with Crippen LogP contribution >= 0.6 is 0 Å². The normalized spacial score (nSPS) is 27.7. The topological polar surface area (TPSA) is 38.3 Å². The van der Waals surface area contributed by atoms with Gasteiger partial charge in [-0.15, -0.1) is 0 Å². The maximum absolute atomic E-state index is 11.9. The predicted octanol–water partition coefficient (Wildman–Crippen LogP) is 1.76. The molecule has 0 aromatic rings. The highest BCUT2D eigenvalue weighted by molar-refractivity contribution is 5.81. The molecule has 0 aromatic heterocycles. The van der Waals surface area contributed by atoms with Gasteiger partial charge in [0.15, 0.2) is 0 Å². The lowest BCUT2D eigenvalue weighted by molar-refractivity contribution is -0.124. The van der Waals surface area contributed by atoms with E-state index in [2.05, 4.69) is 12.2 Å². The summed E-state index contributed by atoms with van der Waals surface area (Å²) in [7, 11) is 0. The standard InChI is InChI=1S/C13H23NO2/c1-10(11-8-14-9-11)13(15)6-2-4-12-5-3-7-16-12/h10-12,14H,2-9H2,1H3. The van der Waals surface area contributed by atoms with Gasteiger partial charge in [-0.25, -0.2) is 0 Å². The number of rotatable bonds is 6. The molecule has 2 atom stereocenters. The van der Waals surface area contributed by atoms with Crippen molar-refractivity contribution in [2.24, 2.45) is 11.8 Å². The van der Waals surface area contributed by atoms with Gasteiger partial charge in [0.2, 0.25) is 0 Å². The molecule has 3 nitrogen and oxygen atoms in total. The van der Waals surface area contributed by atoms with Gasteiger partial charge in [-0.05, 0) is 44.7 Å². The average molecular weight is 225 g/mol. The van der Waals surface area contributed by atoms with Crippen LogP contribution < -0.4 is 5.32 Å². The molecule has 2 rings (SSSR count). The lowest BCUT2D eigenvalue weighted by Gasteiger charge is -2.31. The van der Waals surface area contributed by atoms with Gasteiger partial charge in [0.1, 0.15) is 5.78 Å². The summed E-state index contributed by atoms with van der Waals surface area (Å²) in [6.45, 7) is 5.06. The molecule has 2 heterocycles. The second-order valence-electron chi connectivity index (χ2n) is 5.20. The Kier molecular flexibility index (Phi) is 4.36. The molecular weight excluding hydrogens is 202 g/mol. The minimum absolute atomic E-state index is 0.255. The molecule has 3 heteroatoms. The predicted molar refractivity (Wildman–Crippen MR) is 63.4 cm³/mol. The third-order valence-corrected chi connectivity index (χ3v) is 4.00. The third kappa shape index (κ3) is 3.05. The summed E-state index contributed by atoms with van der Waals surface area (Å²) >= 11 is 0. The minimum Gasteiger partial charge on any atom is -0.378 e. The molecule has 2 aliphatic heterocycles. The summed E-state index contributed by atoms with van der Waals surface area (Å²) in [4.78, 5) is 11.9. The molecule has 16 heavy (non-hydrogen) atoms. The van der Waals surface area contributed by atoms with Crippen molar-refractivity contribution in [2.45, 2.75) is 45.1 Å². The summed E-state index contributed by atoms with van der Waals surface area (Å²) in [5.41, 5.74) is 0. The number of hydrogen-bond acceptors (Lipinski definition) is 3. The van der Waals surface area contributed by atoms with Gasteiger partial charge in [-0.1, -0.05) is 6.92 Å². The maximum Gasteiger partial charge on any atom is 0.136 e. The maximum atomic E-state index is 11.9. The Balaban J connectivity index is 1.59. The van der Waals surface area contributed by atoms with E-state index in [1.165, 1.54) is 12.8 Å². The Morgan fingerprint density at radius 3 is 2.88 bits per heavy atom. The first-order valence-corrected chi connectivity index (χ1v) is 6.62. The van der Waals surface area contributed by atoms with Crippen LogP contribution in [0.15, 0.2) is 0 Å². The molecule has 1 N–H and O–H groups in total. The number of Topliss-reactive ketones (excluding diaryl/α,β-unsaturated/α-hetero) is 1. The summed E-state index contributed by atoms with van der Waals surface area (Å²) in [5, 5.41) is 3.23. The first kappa shape index (κ1) is 12.1. The average Bonchev–Trinajstić information content (AvgIpc) is 2.67. The van der Waals surface area contributed by atoms with E-state index >= 15 is 0 Å². The quantitative estimate of drug-likeness (QED) is 0.748. The molecule has 0 spiro atoms. The Bertz CT molecular complexity index is 232. The van der Waals surface area contributed by atoms with Crippen molar-refractivity contribution >= 4 is 5.78 Å². The largest absolute Gasteiger partial charge is 0.378 e. The summed E-state index contributed by atoms with van der Waals surface area (Å²) in [6, 6.07) is 0. The molecular formula is C13H23NO2. The molecule has 0 amide bonds. The zero-order chi connectivity index (χ0) is 11.4. The van der Waals surface area contributed by atoms with Gasteiger partial charge in [0, 0.05) is 18.9 Å². The summed E-state index contributed by atoms with van der Waals surface area (Å²) in [5.74, 6) is 1.30. The minimum atomic E-state index is 0.255. The van der Waals surface area contributed by atoms with Crippen molar-refractivity contribution in [3.8, 4) is 0 Å². The van der Waals surface area contributed by atoms with Crippen LogP contribution in [-0.4, -0.2) is 31.6 Å². The van der Waals surface area contributed by atoms with Gasteiger partial charge in [-0.2, -0.15) is 0 Å². The molecule has 0 aliphatic carbocycles. The number of ketones is 1. The SMILES string of the molecule is CC(C(=O)CCCC1CCCO1)C1CNC1. The fourth-order valence-electron chi connectivity index (χ4n) is 2.53. The second-order valence-corrected chi connectivity index (χ2v) is 5.20. The van der Waals surface area contributed by atoms with E-state index in [1.54, 1.807) is 0 Å². The summed E-state index contributed by atoms with van der Waals surface area (Å²) < 4.78 is 5.55. The third-order valence-electron chi connectivity index (χ3n) is 4.00. The van der Waals surface area contributed by atoms with Gasteiger partial charge >= 0.3 is 0 Å². The summed E-state index contributed by atoms with van der Waals surface area (Å²) in [6.07, 6.45) is 5.65. The van der Waals surface area contributed by atoms with Crippen molar-refractivity contribution in [1.82, 2.24) is 5.32 Å². The van der Waals surface area contributed by atoms with Crippen LogP contribution in [0, 0.1) is 11.8 Å². The first-order valence-electron chi connectivity index (χ1n) is 6.62. The van der Waals surface area contributed by atoms with E-state index < -0.39 is 0 Å². The first-order chi connectivity index (χ1) is 7.77. The van der Waals surface area contributed by atoms with E-state index in [4.69, 9.17) is 4.74 Å². The van der Waals surface area contributed by atoms with Crippen molar-refractivity contribution in [3.05, 3.63) is 0 Å². The Morgan fingerprint density at radius 2 is 2.31 bits per heavy atom. The Morgan fingerprint density at radius 1 is 1.50 bits per heavy atom. The second kappa shape index (κ2) is 5.78. The number of hydrogen-bond donors (Lipinski definition) is 1. The highest BCUT2D eigenvalue weighted by atomic mass is 16.5. The van der Waals surface area contributed by atoms with E-state index in [9.17, 15) is 4.79 Å². The van der Waals surface area contributed by atoms with Crippen LogP contribution in [0.2, 0.25) is 0 Å². The molecule has 0 radical (unpaired) electrons. The van der Waals surface area contributed by atoms with Crippen LogP contribution in [-0.2, 0) is 9.53 Å². The fraction of sp³-hybridized carbons (Fsp3) is 0.923. The molecule has 2 fully saturated rings. The number of carbonyl (C=O) groups excluding carboxylic acids is 1. The van der Waals surface area contributed by atoms with Gasteiger partial charge < -0.3 is 10.1 Å². The lowest BCUT2D eigenvalue weighted by Crippen LogP contribution is -2.47. The van der Waals surface area contributed by atoms with Crippen molar-refractivity contribution in [2.75, 3.05) is 19.7 Å².